The molecular formula is C15H18N2O4. The van der Waals surface area contributed by atoms with Gasteiger partial charge in [-0.3, -0.25) is 4.79 Å². The fourth-order valence-electron chi connectivity index (χ4n) is 3.51. The lowest BCUT2D eigenvalue weighted by atomic mass is 9.91. The Hall–Kier alpha value is -2.08. The maximum absolute atomic E-state index is 12.1. The third-order valence-electron chi connectivity index (χ3n) is 4.43. The number of methoxy groups -OCH3 is 2. The number of fused-ring (bicyclic) bond motifs is 3. The monoisotopic (exact) mass is 290 g/mol. The first-order valence-electron chi connectivity index (χ1n) is 6.83. The molecule has 112 valence electrons. The average molecular weight is 290 g/mol. The van der Waals surface area contributed by atoms with Crippen molar-refractivity contribution in [3.63, 3.8) is 0 Å². The van der Waals surface area contributed by atoms with Gasteiger partial charge >= 0.3 is 5.97 Å². The molecule has 2 heterocycles. The number of para-hydroxylation sites is 1. The van der Waals surface area contributed by atoms with E-state index in [0.29, 0.717) is 6.42 Å². The van der Waals surface area contributed by atoms with Crippen LogP contribution in [0.4, 0.5) is 5.69 Å². The summed E-state index contributed by atoms with van der Waals surface area (Å²) in [4.78, 5) is 25.6. The molecule has 6 nitrogen and oxygen atoms in total. The predicted octanol–water partition coefficient (Wildman–Crippen LogP) is 1.07. The molecule has 0 saturated carbocycles. The maximum atomic E-state index is 12.1. The van der Waals surface area contributed by atoms with Crippen molar-refractivity contribution >= 4 is 17.6 Å². The Morgan fingerprint density at radius 3 is 2.67 bits per heavy atom. The van der Waals surface area contributed by atoms with Crippen LogP contribution < -0.4 is 5.32 Å². The zero-order chi connectivity index (χ0) is 15.2. The van der Waals surface area contributed by atoms with Crippen LogP contribution in [0.2, 0.25) is 0 Å². The molecule has 2 aliphatic rings. The standard InChI is InChI=1S/C15H18N2O4/c1-9(18)17-12(13(19)20-2)8-15(21-3)10-6-4-5-7-11(10)16-14(15)17/h4-7,12,14,16H,8H2,1-3H3/t12-,14-,15+/m0/s1. The highest BCUT2D eigenvalue weighted by Crippen LogP contribution is 2.51. The molecule has 0 bridgehead atoms. The van der Waals surface area contributed by atoms with Crippen molar-refractivity contribution < 1.29 is 19.1 Å². The third-order valence-corrected chi connectivity index (χ3v) is 4.43. The van der Waals surface area contributed by atoms with E-state index in [2.05, 4.69) is 5.32 Å². The summed E-state index contributed by atoms with van der Waals surface area (Å²) in [6.07, 6.45) is -0.0220. The van der Waals surface area contributed by atoms with E-state index < -0.39 is 23.8 Å². The van der Waals surface area contributed by atoms with Crippen molar-refractivity contribution in [1.82, 2.24) is 4.90 Å². The normalized spacial score (nSPS) is 29.6. The van der Waals surface area contributed by atoms with E-state index in [1.165, 1.54) is 18.9 Å². The summed E-state index contributed by atoms with van der Waals surface area (Å²) >= 11 is 0. The number of benzene rings is 1. The molecule has 1 saturated heterocycles. The van der Waals surface area contributed by atoms with Crippen LogP contribution in [0, 0.1) is 0 Å². The molecule has 0 unspecified atom stereocenters. The molecule has 1 aromatic rings. The molecular weight excluding hydrogens is 272 g/mol. The van der Waals surface area contributed by atoms with Gasteiger partial charge in [-0.1, -0.05) is 18.2 Å². The van der Waals surface area contributed by atoms with E-state index in [1.54, 1.807) is 7.11 Å². The first-order chi connectivity index (χ1) is 10.0. The van der Waals surface area contributed by atoms with Gasteiger partial charge in [0.1, 0.15) is 17.8 Å². The van der Waals surface area contributed by atoms with Crippen LogP contribution in [0.25, 0.3) is 0 Å². The molecule has 0 aliphatic carbocycles. The molecule has 1 aromatic carbocycles. The smallest absolute Gasteiger partial charge is 0.328 e. The van der Waals surface area contributed by atoms with Crippen molar-refractivity contribution in [2.75, 3.05) is 19.5 Å². The van der Waals surface area contributed by atoms with E-state index in [1.807, 2.05) is 24.3 Å². The maximum Gasteiger partial charge on any atom is 0.328 e. The number of amides is 1. The molecule has 1 N–H and O–H groups in total. The summed E-state index contributed by atoms with van der Waals surface area (Å²) in [5.41, 5.74) is 1.18. The van der Waals surface area contributed by atoms with Crippen molar-refractivity contribution in [3.05, 3.63) is 29.8 Å². The minimum absolute atomic E-state index is 0.186. The molecule has 21 heavy (non-hydrogen) atoms. The Bertz CT molecular complexity index is 603. The second-order valence-corrected chi connectivity index (χ2v) is 5.36. The molecule has 2 aliphatic heterocycles. The summed E-state index contributed by atoms with van der Waals surface area (Å²) in [7, 11) is 2.93. The third kappa shape index (κ3) is 1.75. The summed E-state index contributed by atoms with van der Waals surface area (Å²) in [6, 6.07) is 7.11. The fourth-order valence-corrected chi connectivity index (χ4v) is 3.51. The van der Waals surface area contributed by atoms with E-state index in [9.17, 15) is 9.59 Å². The van der Waals surface area contributed by atoms with E-state index >= 15 is 0 Å². The summed E-state index contributed by atoms with van der Waals surface area (Å²) in [5.74, 6) is -0.607. The number of nitrogens with zero attached hydrogens (tertiary/aromatic N) is 1. The number of carbonyl (C=O) groups is 2. The van der Waals surface area contributed by atoms with Crippen LogP contribution in [0.1, 0.15) is 18.9 Å². The zero-order valence-corrected chi connectivity index (χ0v) is 12.3. The van der Waals surface area contributed by atoms with E-state index in [4.69, 9.17) is 9.47 Å². The van der Waals surface area contributed by atoms with Gasteiger partial charge in [-0.2, -0.15) is 0 Å². The second kappa shape index (κ2) is 4.73. The molecule has 0 aromatic heterocycles. The first-order valence-corrected chi connectivity index (χ1v) is 6.83. The van der Waals surface area contributed by atoms with Gasteiger partial charge in [-0.25, -0.2) is 4.79 Å². The molecule has 0 radical (unpaired) electrons. The lowest BCUT2D eigenvalue weighted by Gasteiger charge is -2.31. The fraction of sp³-hybridized carbons (Fsp3) is 0.467. The highest BCUT2D eigenvalue weighted by atomic mass is 16.5. The largest absolute Gasteiger partial charge is 0.467 e. The topological polar surface area (TPSA) is 67.9 Å². The van der Waals surface area contributed by atoms with Crippen LogP contribution in [-0.4, -0.2) is 43.2 Å². The average Bonchev–Trinajstić information content (AvgIpc) is 2.97. The minimum Gasteiger partial charge on any atom is -0.467 e. The number of hydrogen-bond acceptors (Lipinski definition) is 5. The minimum atomic E-state index is -0.721. The Kier molecular flexibility index (Phi) is 3.13. The lowest BCUT2D eigenvalue weighted by Crippen LogP contribution is -2.49. The Morgan fingerprint density at radius 1 is 1.33 bits per heavy atom. The van der Waals surface area contributed by atoms with Gasteiger partial charge in [-0.15, -0.1) is 0 Å². The van der Waals surface area contributed by atoms with Gasteiger partial charge in [0.25, 0.3) is 0 Å². The van der Waals surface area contributed by atoms with E-state index in [-0.39, 0.29) is 5.91 Å². The van der Waals surface area contributed by atoms with Crippen molar-refractivity contribution in [1.29, 1.82) is 0 Å². The van der Waals surface area contributed by atoms with Crippen LogP contribution in [0.5, 0.6) is 0 Å². The number of hydrogen-bond donors (Lipinski definition) is 1. The van der Waals surface area contributed by atoms with Crippen molar-refractivity contribution in [3.8, 4) is 0 Å². The lowest BCUT2D eigenvalue weighted by molar-refractivity contribution is -0.151. The van der Waals surface area contributed by atoms with Gasteiger partial charge in [0.15, 0.2) is 0 Å². The zero-order valence-electron chi connectivity index (χ0n) is 12.3. The predicted molar refractivity (Wildman–Crippen MR) is 75.5 cm³/mol. The molecule has 3 atom stereocenters. The molecule has 3 rings (SSSR count). The summed E-state index contributed by atoms with van der Waals surface area (Å²) in [5, 5.41) is 3.30. The number of anilines is 1. The SMILES string of the molecule is COC(=O)[C@@H]1C[C@@]2(OC)c3ccccc3N[C@H]2N1C(C)=O. The van der Waals surface area contributed by atoms with Gasteiger partial charge in [-0.05, 0) is 6.07 Å². The number of carbonyl (C=O) groups excluding carboxylic acids is 2. The molecule has 1 amide bonds. The number of rotatable bonds is 2. The summed E-state index contributed by atoms with van der Waals surface area (Å²) in [6.45, 7) is 1.45. The van der Waals surface area contributed by atoms with Crippen LogP contribution >= 0.6 is 0 Å². The highest BCUT2D eigenvalue weighted by molar-refractivity contribution is 5.86. The molecule has 1 fully saturated rings. The van der Waals surface area contributed by atoms with Crippen LogP contribution in [0.3, 0.4) is 0 Å². The van der Waals surface area contributed by atoms with Gasteiger partial charge in [0, 0.05) is 31.7 Å². The Labute approximate surface area is 123 Å². The van der Waals surface area contributed by atoms with Crippen LogP contribution in [-0.2, 0) is 24.7 Å². The number of esters is 1. The van der Waals surface area contributed by atoms with Gasteiger partial charge in [0.05, 0.1) is 7.11 Å². The highest BCUT2D eigenvalue weighted by Gasteiger charge is 2.61. The molecule has 0 spiro atoms. The van der Waals surface area contributed by atoms with E-state index in [0.717, 1.165) is 11.3 Å². The number of nitrogens with one attached hydrogen (secondary N) is 1. The summed E-state index contributed by atoms with van der Waals surface area (Å²) < 4.78 is 10.6. The number of likely N-dealkylation sites (tertiary alicyclic amines) is 1. The molecule has 6 heteroatoms. The Balaban J connectivity index is 2.10. The van der Waals surface area contributed by atoms with Crippen LogP contribution in [0.15, 0.2) is 24.3 Å². The van der Waals surface area contributed by atoms with Crippen molar-refractivity contribution in [2.24, 2.45) is 0 Å². The van der Waals surface area contributed by atoms with Crippen molar-refractivity contribution in [2.45, 2.75) is 31.2 Å². The Morgan fingerprint density at radius 2 is 2.05 bits per heavy atom. The first kappa shape index (κ1) is 13.9. The van der Waals surface area contributed by atoms with Gasteiger partial charge in [0.2, 0.25) is 5.91 Å². The van der Waals surface area contributed by atoms with Gasteiger partial charge < -0.3 is 19.7 Å². The number of ether oxygens (including phenoxy) is 2. The second-order valence-electron chi connectivity index (χ2n) is 5.36. The quantitative estimate of drug-likeness (QED) is 0.825.